The van der Waals surface area contributed by atoms with E-state index in [1.807, 2.05) is 11.8 Å². The fourth-order valence-electron chi connectivity index (χ4n) is 3.76. The third-order valence-electron chi connectivity index (χ3n) is 4.85. The number of pyridine rings is 1. The molecule has 2 aliphatic rings. The average Bonchev–Trinajstić information content (AvgIpc) is 2.49. The van der Waals surface area contributed by atoms with Crippen molar-refractivity contribution in [2.24, 2.45) is 11.8 Å². The fraction of sp³-hybridized carbons (Fsp3) is 0.688. The van der Waals surface area contributed by atoms with Crippen LogP contribution in [0.4, 0.5) is 20.4 Å². The Morgan fingerprint density at radius 2 is 1.95 bits per heavy atom. The molecule has 5 heteroatoms. The van der Waals surface area contributed by atoms with Crippen LogP contribution in [0.25, 0.3) is 0 Å². The summed E-state index contributed by atoms with van der Waals surface area (Å²) in [4.78, 5) is 6.19. The number of piperidine rings is 1. The number of aromatic nitrogens is 1. The van der Waals surface area contributed by atoms with Crippen LogP contribution in [-0.4, -0.2) is 24.6 Å². The van der Waals surface area contributed by atoms with Gasteiger partial charge in [0.2, 0.25) is 0 Å². The van der Waals surface area contributed by atoms with E-state index in [-0.39, 0.29) is 5.82 Å². The van der Waals surface area contributed by atoms with E-state index in [4.69, 9.17) is 0 Å². The first kappa shape index (κ1) is 14.5. The number of anilines is 2. The second-order valence-electron chi connectivity index (χ2n) is 6.19. The highest BCUT2D eigenvalue weighted by molar-refractivity contribution is 5.49. The Morgan fingerprint density at radius 1 is 1.19 bits per heavy atom. The van der Waals surface area contributed by atoms with Crippen LogP contribution in [0.1, 0.15) is 39.0 Å². The standard InChI is InChI=1S/C16H23F2N3/c1-2-19-15-13(17)9-14(18)16(20-15)21-8-7-11-5-3-4-6-12(11)10-21/h9,11-12H,2-8,10H2,1H3,(H,19,20). The van der Waals surface area contributed by atoms with Gasteiger partial charge in [-0.1, -0.05) is 19.3 Å². The second-order valence-corrected chi connectivity index (χ2v) is 6.19. The van der Waals surface area contributed by atoms with Gasteiger partial charge in [-0.25, -0.2) is 13.8 Å². The van der Waals surface area contributed by atoms with Crippen LogP contribution in [0.3, 0.4) is 0 Å². The van der Waals surface area contributed by atoms with Crippen molar-refractivity contribution >= 4 is 11.6 Å². The molecule has 1 aliphatic carbocycles. The summed E-state index contributed by atoms with van der Waals surface area (Å²) < 4.78 is 27.8. The minimum Gasteiger partial charge on any atom is -0.368 e. The molecule has 1 aliphatic heterocycles. The van der Waals surface area contributed by atoms with Gasteiger partial charge in [0.25, 0.3) is 0 Å². The molecule has 0 radical (unpaired) electrons. The molecule has 1 saturated carbocycles. The quantitative estimate of drug-likeness (QED) is 0.919. The molecule has 0 amide bonds. The van der Waals surface area contributed by atoms with Gasteiger partial charge in [0.05, 0.1) is 0 Å². The van der Waals surface area contributed by atoms with Crippen molar-refractivity contribution in [1.29, 1.82) is 0 Å². The smallest absolute Gasteiger partial charge is 0.168 e. The van der Waals surface area contributed by atoms with E-state index in [0.717, 1.165) is 31.5 Å². The molecule has 2 atom stereocenters. The Kier molecular flexibility index (Phi) is 4.27. The molecular weight excluding hydrogens is 272 g/mol. The Balaban J connectivity index is 1.81. The molecule has 0 spiro atoms. The van der Waals surface area contributed by atoms with Gasteiger partial charge in [0, 0.05) is 25.7 Å². The summed E-state index contributed by atoms with van der Waals surface area (Å²) in [5, 5.41) is 2.86. The Morgan fingerprint density at radius 3 is 2.71 bits per heavy atom. The van der Waals surface area contributed by atoms with Crippen LogP contribution < -0.4 is 10.2 Å². The normalized spacial score (nSPS) is 25.6. The Bertz CT molecular complexity index is 507. The summed E-state index contributed by atoms with van der Waals surface area (Å²) in [7, 11) is 0. The fourth-order valence-corrected chi connectivity index (χ4v) is 3.76. The predicted molar refractivity (Wildman–Crippen MR) is 80.6 cm³/mol. The van der Waals surface area contributed by atoms with Crippen molar-refractivity contribution in [3.8, 4) is 0 Å². The number of rotatable bonds is 3. The lowest BCUT2D eigenvalue weighted by atomic mass is 9.75. The highest BCUT2D eigenvalue weighted by atomic mass is 19.1. The molecule has 1 aromatic rings. The third-order valence-corrected chi connectivity index (χ3v) is 4.85. The summed E-state index contributed by atoms with van der Waals surface area (Å²) in [5.74, 6) is 0.707. The Labute approximate surface area is 124 Å². The molecule has 0 bridgehead atoms. The van der Waals surface area contributed by atoms with E-state index in [1.54, 1.807) is 0 Å². The molecule has 3 rings (SSSR count). The highest BCUT2D eigenvalue weighted by Crippen LogP contribution is 2.37. The van der Waals surface area contributed by atoms with Gasteiger partial charge in [-0.3, -0.25) is 0 Å². The minimum atomic E-state index is -0.620. The number of nitrogens with zero attached hydrogens (tertiary/aromatic N) is 2. The number of hydrogen-bond acceptors (Lipinski definition) is 3. The Hall–Kier alpha value is -1.39. The number of halogens is 2. The zero-order chi connectivity index (χ0) is 14.8. The topological polar surface area (TPSA) is 28.2 Å². The van der Waals surface area contributed by atoms with E-state index in [0.29, 0.717) is 18.3 Å². The monoisotopic (exact) mass is 295 g/mol. The number of nitrogens with one attached hydrogen (secondary N) is 1. The first-order chi connectivity index (χ1) is 10.2. The maximum absolute atomic E-state index is 14.1. The van der Waals surface area contributed by atoms with Gasteiger partial charge < -0.3 is 10.2 Å². The molecule has 1 saturated heterocycles. The van der Waals surface area contributed by atoms with Crippen molar-refractivity contribution in [3.05, 3.63) is 17.7 Å². The van der Waals surface area contributed by atoms with Gasteiger partial charge in [0.1, 0.15) is 0 Å². The average molecular weight is 295 g/mol. The lowest BCUT2D eigenvalue weighted by molar-refractivity contribution is 0.201. The van der Waals surface area contributed by atoms with Crippen molar-refractivity contribution < 1.29 is 8.78 Å². The molecule has 1 aromatic heterocycles. The predicted octanol–water partition coefficient (Wildman–Crippen LogP) is 3.81. The van der Waals surface area contributed by atoms with Crippen LogP contribution in [0, 0.1) is 23.5 Å². The van der Waals surface area contributed by atoms with E-state index < -0.39 is 11.6 Å². The summed E-state index contributed by atoms with van der Waals surface area (Å²) in [6, 6.07) is 0.952. The maximum Gasteiger partial charge on any atom is 0.168 e. The lowest BCUT2D eigenvalue weighted by Crippen LogP contribution is -2.42. The molecule has 0 aromatic carbocycles. The van der Waals surface area contributed by atoms with Crippen molar-refractivity contribution in [2.75, 3.05) is 29.9 Å². The zero-order valence-electron chi connectivity index (χ0n) is 12.5. The third kappa shape index (κ3) is 2.97. The first-order valence-corrected chi connectivity index (χ1v) is 8.04. The molecule has 1 N–H and O–H groups in total. The SMILES string of the molecule is CCNc1nc(N2CCC3CCCCC3C2)c(F)cc1F. The van der Waals surface area contributed by atoms with Crippen molar-refractivity contribution in [3.63, 3.8) is 0 Å². The van der Waals surface area contributed by atoms with Gasteiger partial charge >= 0.3 is 0 Å². The molecule has 116 valence electrons. The minimum absolute atomic E-state index is 0.152. The first-order valence-electron chi connectivity index (χ1n) is 8.04. The molecule has 3 nitrogen and oxygen atoms in total. The van der Waals surface area contributed by atoms with Crippen LogP contribution in [-0.2, 0) is 0 Å². The largest absolute Gasteiger partial charge is 0.368 e. The van der Waals surface area contributed by atoms with E-state index in [1.165, 1.54) is 25.7 Å². The lowest BCUT2D eigenvalue weighted by Gasteiger charge is -2.41. The summed E-state index contributed by atoms with van der Waals surface area (Å²) >= 11 is 0. The zero-order valence-corrected chi connectivity index (χ0v) is 12.5. The number of hydrogen-bond donors (Lipinski definition) is 1. The van der Waals surface area contributed by atoms with Crippen LogP contribution in [0.2, 0.25) is 0 Å². The van der Waals surface area contributed by atoms with Crippen LogP contribution in [0.5, 0.6) is 0 Å². The summed E-state index contributed by atoms with van der Waals surface area (Å²) in [6.45, 7) is 4.12. The van der Waals surface area contributed by atoms with Gasteiger partial charge in [-0.05, 0) is 31.6 Å². The van der Waals surface area contributed by atoms with Gasteiger partial charge in [-0.15, -0.1) is 0 Å². The molecule has 2 unspecified atom stereocenters. The molecular formula is C16H23F2N3. The maximum atomic E-state index is 14.1. The molecule has 2 heterocycles. The molecule has 2 fully saturated rings. The molecule has 21 heavy (non-hydrogen) atoms. The number of fused-ring (bicyclic) bond motifs is 1. The summed E-state index contributed by atoms with van der Waals surface area (Å²) in [6.07, 6.45) is 6.23. The van der Waals surface area contributed by atoms with Gasteiger partial charge in [-0.2, -0.15) is 0 Å². The van der Waals surface area contributed by atoms with Gasteiger partial charge in [0.15, 0.2) is 23.3 Å². The highest BCUT2D eigenvalue weighted by Gasteiger charge is 2.32. The van der Waals surface area contributed by atoms with E-state index in [2.05, 4.69) is 10.3 Å². The second kappa shape index (κ2) is 6.16. The van der Waals surface area contributed by atoms with Crippen LogP contribution >= 0.6 is 0 Å². The summed E-state index contributed by atoms with van der Waals surface area (Å²) in [5.41, 5.74) is 0. The van der Waals surface area contributed by atoms with Crippen molar-refractivity contribution in [1.82, 2.24) is 4.98 Å². The van der Waals surface area contributed by atoms with Crippen molar-refractivity contribution in [2.45, 2.75) is 39.0 Å². The van der Waals surface area contributed by atoms with Crippen LogP contribution in [0.15, 0.2) is 6.07 Å². The van der Waals surface area contributed by atoms with E-state index >= 15 is 0 Å². The van der Waals surface area contributed by atoms with E-state index in [9.17, 15) is 8.78 Å².